The van der Waals surface area contributed by atoms with Crippen molar-refractivity contribution in [1.29, 1.82) is 0 Å². The van der Waals surface area contributed by atoms with E-state index in [1.165, 1.54) is 24.1 Å². The second-order valence-corrected chi connectivity index (χ2v) is 6.42. The molecule has 110 valence electrons. The Morgan fingerprint density at radius 3 is 2.80 bits per heavy atom. The third-order valence-electron chi connectivity index (χ3n) is 3.22. The van der Waals surface area contributed by atoms with Crippen molar-refractivity contribution in [3.63, 3.8) is 0 Å². The lowest BCUT2D eigenvalue weighted by molar-refractivity contribution is 0.644. The van der Waals surface area contributed by atoms with Crippen molar-refractivity contribution in [3.05, 3.63) is 10.9 Å². The lowest BCUT2D eigenvalue weighted by atomic mass is 10.1. The van der Waals surface area contributed by atoms with Crippen LogP contribution in [0.3, 0.4) is 0 Å². The van der Waals surface area contributed by atoms with Gasteiger partial charge in [-0.2, -0.15) is 4.98 Å². The standard InChI is InChI=1S/C15H24N4S/c1-5-7-8-10(3)17-13-12-9-11(4)20-14(12)19-15(18-13)16-6-2/h9-10H,5-8H2,1-4H3,(H2,16,17,18,19). The van der Waals surface area contributed by atoms with Gasteiger partial charge < -0.3 is 10.6 Å². The Morgan fingerprint density at radius 2 is 2.10 bits per heavy atom. The van der Waals surface area contributed by atoms with Crippen LogP contribution in [0.1, 0.15) is 44.9 Å². The Labute approximate surface area is 125 Å². The summed E-state index contributed by atoms with van der Waals surface area (Å²) in [6.07, 6.45) is 3.64. The number of rotatable bonds is 7. The molecule has 2 N–H and O–H groups in total. The van der Waals surface area contributed by atoms with E-state index in [1.54, 1.807) is 11.3 Å². The molecule has 20 heavy (non-hydrogen) atoms. The minimum atomic E-state index is 0.433. The molecule has 0 radical (unpaired) electrons. The van der Waals surface area contributed by atoms with Gasteiger partial charge in [-0.05, 0) is 33.3 Å². The van der Waals surface area contributed by atoms with E-state index in [4.69, 9.17) is 0 Å². The minimum absolute atomic E-state index is 0.433. The highest BCUT2D eigenvalue weighted by molar-refractivity contribution is 7.18. The van der Waals surface area contributed by atoms with E-state index in [0.29, 0.717) is 12.0 Å². The predicted octanol–water partition coefficient (Wildman–Crippen LogP) is 4.42. The van der Waals surface area contributed by atoms with Crippen LogP contribution in [0.4, 0.5) is 11.8 Å². The quantitative estimate of drug-likeness (QED) is 0.793. The zero-order chi connectivity index (χ0) is 14.5. The first kappa shape index (κ1) is 15.0. The summed E-state index contributed by atoms with van der Waals surface area (Å²) in [5.74, 6) is 1.67. The van der Waals surface area contributed by atoms with Crippen molar-refractivity contribution >= 4 is 33.3 Å². The average molecular weight is 292 g/mol. The van der Waals surface area contributed by atoms with Crippen LogP contribution in [0.5, 0.6) is 0 Å². The Kier molecular flexibility index (Phi) is 5.17. The molecule has 0 saturated carbocycles. The maximum Gasteiger partial charge on any atom is 0.226 e. The lowest BCUT2D eigenvalue weighted by Crippen LogP contribution is -2.16. The molecule has 1 atom stereocenters. The van der Waals surface area contributed by atoms with Crippen molar-refractivity contribution in [1.82, 2.24) is 9.97 Å². The molecule has 0 aliphatic carbocycles. The minimum Gasteiger partial charge on any atom is -0.367 e. The SMILES string of the molecule is CCCCC(C)Nc1nc(NCC)nc2sc(C)cc12. The predicted molar refractivity (Wildman–Crippen MR) is 88.9 cm³/mol. The maximum absolute atomic E-state index is 4.63. The zero-order valence-corrected chi connectivity index (χ0v) is 13.6. The smallest absolute Gasteiger partial charge is 0.226 e. The Balaban J connectivity index is 2.28. The molecule has 4 nitrogen and oxygen atoms in total. The molecule has 0 fully saturated rings. The third-order valence-corrected chi connectivity index (χ3v) is 4.17. The molecule has 2 aromatic rings. The van der Waals surface area contributed by atoms with E-state index in [9.17, 15) is 0 Å². The van der Waals surface area contributed by atoms with Gasteiger partial charge in [0.1, 0.15) is 10.6 Å². The Bertz CT molecular complexity index is 564. The highest BCUT2D eigenvalue weighted by Gasteiger charge is 2.12. The summed E-state index contributed by atoms with van der Waals surface area (Å²) >= 11 is 1.72. The van der Waals surface area contributed by atoms with E-state index in [-0.39, 0.29) is 0 Å². The highest BCUT2D eigenvalue weighted by atomic mass is 32.1. The largest absolute Gasteiger partial charge is 0.367 e. The Hall–Kier alpha value is -1.36. The van der Waals surface area contributed by atoms with E-state index >= 15 is 0 Å². The number of hydrogen-bond donors (Lipinski definition) is 2. The second-order valence-electron chi connectivity index (χ2n) is 5.19. The third kappa shape index (κ3) is 3.60. The number of aromatic nitrogens is 2. The average Bonchev–Trinajstić information content (AvgIpc) is 2.77. The molecule has 0 aromatic carbocycles. The highest BCUT2D eigenvalue weighted by Crippen LogP contribution is 2.30. The molecule has 0 amide bonds. The van der Waals surface area contributed by atoms with Gasteiger partial charge in [-0.3, -0.25) is 0 Å². The number of thiophene rings is 1. The van der Waals surface area contributed by atoms with Crippen LogP contribution < -0.4 is 10.6 Å². The molecule has 2 heterocycles. The molecule has 0 spiro atoms. The van der Waals surface area contributed by atoms with Gasteiger partial charge in [0.2, 0.25) is 5.95 Å². The van der Waals surface area contributed by atoms with Crippen LogP contribution in [0.25, 0.3) is 10.2 Å². The molecular weight excluding hydrogens is 268 g/mol. The molecule has 0 aliphatic rings. The molecule has 0 bridgehead atoms. The van der Waals surface area contributed by atoms with E-state index < -0.39 is 0 Å². The first-order valence-corrected chi connectivity index (χ1v) is 8.24. The summed E-state index contributed by atoms with van der Waals surface area (Å²) in [6, 6.07) is 2.60. The van der Waals surface area contributed by atoms with Gasteiger partial charge in [-0.1, -0.05) is 19.8 Å². The fourth-order valence-corrected chi connectivity index (χ4v) is 3.08. The number of fused-ring (bicyclic) bond motifs is 1. The zero-order valence-electron chi connectivity index (χ0n) is 12.8. The fourth-order valence-electron chi connectivity index (χ4n) is 2.21. The maximum atomic E-state index is 4.63. The molecule has 2 aromatic heterocycles. The normalized spacial score (nSPS) is 12.6. The summed E-state index contributed by atoms with van der Waals surface area (Å²) in [5, 5.41) is 7.89. The van der Waals surface area contributed by atoms with Crippen LogP contribution in [0.15, 0.2) is 6.07 Å². The van der Waals surface area contributed by atoms with Crippen molar-refractivity contribution in [2.45, 2.75) is 53.0 Å². The van der Waals surface area contributed by atoms with Gasteiger partial charge in [0.15, 0.2) is 0 Å². The van der Waals surface area contributed by atoms with Gasteiger partial charge in [-0.25, -0.2) is 4.98 Å². The lowest BCUT2D eigenvalue weighted by Gasteiger charge is -2.15. The Morgan fingerprint density at radius 1 is 1.30 bits per heavy atom. The van der Waals surface area contributed by atoms with Gasteiger partial charge >= 0.3 is 0 Å². The summed E-state index contributed by atoms with van der Waals surface area (Å²) in [4.78, 5) is 11.5. The van der Waals surface area contributed by atoms with E-state index in [0.717, 1.165) is 22.6 Å². The monoisotopic (exact) mass is 292 g/mol. The van der Waals surface area contributed by atoms with E-state index in [1.807, 2.05) is 0 Å². The first-order valence-electron chi connectivity index (χ1n) is 7.42. The summed E-state index contributed by atoms with van der Waals surface area (Å²) in [5.41, 5.74) is 0. The topological polar surface area (TPSA) is 49.8 Å². The fraction of sp³-hybridized carbons (Fsp3) is 0.600. The number of hydrogen-bond acceptors (Lipinski definition) is 5. The second kappa shape index (κ2) is 6.88. The molecule has 0 aliphatic heterocycles. The van der Waals surface area contributed by atoms with Crippen molar-refractivity contribution in [3.8, 4) is 0 Å². The van der Waals surface area contributed by atoms with Crippen LogP contribution in [0.2, 0.25) is 0 Å². The summed E-state index contributed by atoms with van der Waals surface area (Å²) in [7, 11) is 0. The first-order chi connectivity index (χ1) is 9.63. The van der Waals surface area contributed by atoms with Gasteiger partial charge in [-0.15, -0.1) is 11.3 Å². The summed E-state index contributed by atoms with van der Waals surface area (Å²) in [6.45, 7) is 9.45. The molecule has 1 unspecified atom stereocenters. The number of nitrogens with zero attached hydrogens (tertiary/aromatic N) is 2. The summed E-state index contributed by atoms with van der Waals surface area (Å²) < 4.78 is 0. The number of anilines is 2. The molecule has 2 rings (SSSR count). The number of nitrogens with one attached hydrogen (secondary N) is 2. The van der Waals surface area contributed by atoms with Crippen molar-refractivity contribution < 1.29 is 0 Å². The van der Waals surface area contributed by atoms with Crippen LogP contribution >= 0.6 is 11.3 Å². The van der Waals surface area contributed by atoms with E-state index in [2.05, 4.69) is 54.4 Å². The van der Waals surface area contributed by atoms with Crippen LogP contribution in [-0.2, 0) is 0 Å². The van der Waals surface area contributed by atoms with Crippen molar-refractivity contribution in [2.24, 2.45) is 0 Å². The van der Waals surface area contributed by atoms with Crippen molar-refractivity contribution in [2.75, 3.05) is 17.2 Å². The van der Waals surface area contributed by atoms with Gasteiger partial charge in [0, 0.05) is 17.5 Å². The van der Waals surface area contributed by atoms with Crippen LogP contribution in [-0.4, -0.2) is 22.6 Å². The molecule has 0 saturated heterocycles. The molecule has 5 heteroatoms. The molecular formula is C15H24N4S. The number of aryl methyl sites for hydroxylation is 1. The van der Waals surface area contributed by atoms with Gasteiger partial charge in [0.05, 0.1) is 5.39 Å². The van der Waals surface area contributed by atoms with Gasteiger partial charge in [0.25, 0.3) is 0 Å². The van der Waals surface area contributed by atoms with Crippen LogP contribution in [0, 0.1) is 6.92 Å². The number of unbranched alkanes of at least 4 members (excludes halogenated alkanes) is 1.